The Morgan fingerprint density at radius 2 is 1.92 bits per heavy atom. The number of aliphatic hydroxyl groups excluding tert-OH is 2. The van der Waals surface area contributed by atoms with Gasteiger partial charge in [0.1, 0.15) is 11.6 Å². The molecule has 0 spiro atoms. The summed E-state index contributed by atoms with van der Waals surface area (Å²) >= 11 is 0. The summed E-state index contributed by atoms with van der Waals surface area (Å²) in [5.74, 6) is 2.61. The van der Waals surface area contributed by atoms with E-state index in [1.807, 2.05) is 13.1 Å². The molecule has 3 rings (SSSR count). The van der Waals surface area contributed by atoms with Crippen LogP contribution < -0.4 is 4.90 Å². The van der Waals surface area contributed by atoms with Crippen molar-refractivity contribution in [1.29, 1.82) is 0 Å². The molecule has 0 unspecified atom stereocenters. The Morgan fingerprint density at radius 3 is 2.60 bits per heavy atom. The molecular formula is C19H32N4O2. The highest BCUT2D eigenvalue weighted by Gasteiger charge is 2.35. The van der Waals surface area contributed by atoms with Crippen molar-refractivity contribution in [3.63, 3.8) is 0 Å². The van der Waals surface area contributed by atoms with Gasteiger partial charge in [0, 0.05) is 57.0 Å². The van der Waals surface area contributed by atoms with Crippen LogP contribution in [0.3, 0.4) is 0 Å². The van der Waals surface area contributed by atoms with E-state index >= 15 is 0 Å². The molecule has 0 radical (unpaired) electrons. The second-order valence-electron chi connectivity index (χ2n) is 7.66. The first-order valence-corrected chi connectivity index (χ1v) is 9.69. The minimum absolute atomic E-state index is 0.134. The number of hydrogen-bond donors (Lipinski definition) is 2. The average molecular weight is 348 g/mol. The number of nitrogens with zero attached hydrogens (tertiary/aromatic N) is 4. The van der Waals surface area contributed by atoms with E-state index in [4.69, 9.17) is 4.98 Å². The molecule has 3 heterocycles. The van der Waals surface area contributed by atoms with E-state index in [0.717, 1.165) is 70.0 Å². The number of piperidine rings is 1. The van der Waals surface area contributed by atoms with Crippen molar-refractivity contribution in [2.45, 2.75) is 45.6 Å². The van der Waals surface area contributed by atoms with E-state index < -0.39 is 0 Å². The van der Waals surface area contributed by atoms with Gasteiger partial charge in [-0.1, -0.05) is 13.3 Å². The van der Waals surface area contributed by atoms with Gasteiger partial charge in [-0.15, -0.1) is 0 Å². The van der Waals surface area contributed by atoms with Gasteiger partial charge in [0.2, 0.25) is 0 Å². The highest BCUT2D eigenvalue weighted by atomic mass is 16.3. The average Bonchev–Trinajstić information content (AvgIpc) is 3.01. The number of anilines is 1. The third-order valence-electron chi connectivity index (χ3n) is 5.64. The monoisotopic (exact) mass is 348 g/mol. The molecule has 25 heavy (non-hydrogen) atoms. The molecule has 6 nitrogen and oxygen atoms in total. The zero-order chi connectivity index (χ0) is 17.8. The molecule has 2 saturated heterocycles. The molecule has 2 aliphatic heterocycles. The Bertz CT molecular complexity index is 560. The molecule has 0 bridgehead atoms. The normalized spacial score (nSPS) is 25.7. The maximum atomic E-state index is 9.88. The van der Waals surface area contributed by atoms with Gasteiger partial charge in [-0.25, -0.2) is 9.97 Å². The zero-order valence-electron chi connectivity index (χ0n) is 15.6. The first-order chi connectivity index (χ1) is 12.1. The summed E-state index contributed by atoms with van der Waals surface area (Å²) in [5, 5.41) is 19.6. The van der Waals surface area contributed by atoms with Crippen molar-refractivity contribution in [3.8, 4) is 0 Å². The lowest BCUT2D eigenvalue weighted by Crippen LogP contribution is -2.40. The standard InChI is InChI=1S/C19H32N4O2/c1-3-4-15-9-20-14(2)21-19(15)23-11-16(17(12-23)13-24)10-22-7-5-18(25)6-8-22/h9,16-18,24-25H,3-8,10-13H2,1-2H3/t16-,17-/m1/s1. The van der Waals surface area contributed by atoms with E-state index in [0.29, 0.717) is 5.92 Å². The lowest BCUT2D eigenvalue weighted by Gasteiger charge is -2.32. The third-order valence-corrected chi connectivity index (χ3v) is 5.64. The second-order valence-corrected chi connectivity index (χ2v) is 7.66. The van der Waals surface area contributed by atoms with Gasteiger partial charge in [-0.2, -0.15) is 0 Å². The van der Waals surface area contributed by atoms with Crippen LogP contribution in [0, 0.1) is 18.8 Å². The summed E-state index contributed by atoms with van der Waals surface area (Å²) in [5.41, 5.74) is 1.21. The van der Waals surface area contributed by atoms with Crippen LogP contribution in [0.5, 0.6) is 0 Å². The molecule has 0 aromatic carbocycles. The molecule has 6 heteroatoms. The van der Waals surface area contributed by atoms with E-state index in [1.54, 1.807) is 0 Å². The number of hydrogen-bond acceptors (Lipinski definition) is 6. The van der Waals surface area contributed by atoms with Crippen LogP contribution in [-0.4, -0.2) is 70.5 Å². The number of aromatic nitrogens is 2. The third kappa shape index (κ3) is 4.49. The van der Waals surface area contributed by atoms with Gasteiger partial charge in [0.05, 0.1) is 6.10 Å². The van der Waals surface area contributed by atoms with Gasteiger partial charge < -0.3 is 20.0 Å². The van der Waals surface area contributed by atoms with Gasteiger partial charge in [0.25, 0.3) is 0 Å². The number of likely N-dealkylation sites (tertiary alicyclic amines) is 1. The van der Waals surface area contributed by atoms with Crippen molar-refractivity contribution >= 4 is 5.82 Å². The highest BCUT2D eigenvalue weighted by molar-refractivity contribution is 5.47. The maximum absolute atomic E-state index is 9.88. The van der Waals surface area contributed by atoms with Crippen LogP contribution in [0.15, 0.2) is 6.20 Å². The maximum Gasteiger partial charge on any atom is 0.135 e. The van der Waals surface area contributed by atoms with Crippen LogP contribution >= 0.6 is 0 Å². The first-order valence-electron chi connectivity index (χ1n) is 9.69. The highest BCUT2D eigenvalue weighted by Crippen LogP contribution is 2.30. The fourth-order valence-corrected chi connectivity index (χ4v) is 4.16. The first kappa shape index (κ1) is 18.5. The van der Waals surface area contributed by atoms with Gasteiger partial charge in [-0.3, -0.25) is 0 Å². The molecule has 0 aliphatic carbocycles. The smallest absolute Gasteiger partial charge is 0.135 e. The lowest BCUT2D eigenvalue weighted by atomic mass is 9.95. The minimum atomic E-state index is -0.134. The van der Waals surface area contributed by atoms with Gasteiger partial charge >= 0.3 is 0 Å². The fraction of sp³-hybridized carbons (Fsp3) is 0.789. The molecule has 0 saturated carbocycles. The summed E-state index contributed by atoms with van der Waals surface area (Å²) in [6.07, 6.45) is 5.64. The van der Waals surface area contributed by atoms with Crippen LogP contribution in [0.4, 0.5) is 5.82 Å². The Labute approximate surface area is 150 Å². The van der Waals surface area contributed by atoms with Crippen molar-refractivity contribution < 1.29 is 10.2 Å². The number of aryl methyl sites for hydroxylation is 2. The largest absolute Gasteiger partial charge is 0.396 e. The molecule has 140 valence electrons. The Kier molecular flexibility index (Phi) is 6.25. The predicted molar refractivity (Wildman–Crippen MR) is 98.7 cm³/mol. The quantitative estimate of drug-likeness (QED) is 0.806. The van der Waals surface area contributed by atoms with E-state index in [1.165, 1.54) is 5.56 Å². The minimum Gasteiger partial charge on any atom is -0.396 e. The SMILES string of the molecule is CCCc1cnc(C)nc1N1C[C@@H](CN2CCC(O)CC2)[C@@H](CO)C1. The molecule has 2 atom stereocenters. The van der Waals surface area contributed by atoms with Crippen LogP contribution in [0.2, 0.25) is 0 Å². The van der Waals surface area contributed by atoms with E-state index in [9.17, 15) is 10.2 Å². The van der Waals surface area contributed by atoms with Crippen LogP contribution in [0.25, 0.3) is 0 Å². The molecule has 2 fully saturated rings. The van der Waals surface area contributed by atoms with Crippen LogP contribution in [0.1, 0.15) is 37.6 Å². The molecule has 2 N–H and O–H groups in total. The summed E-state index contributed by atoms with van der Waals surface area (Å²) in [6.45, 7) is 9.08. The number of rotatable bonds is 6. The molecule has 1 aromatic rings. The summed E-state index contributed by atoms with van der Waals surface area (Å²) in [4.78, 5) is 13.9. The summed E-state index contributed by atoms with van der Waals surface area (Å²) in [7, 11) is 0. The Morgan fingerprint density at radius 1 is 1.20 bits per heavy atom. The predicted octanol–water partition coefficient (Wildman–Crippen LogP) is 1.24. The van der Waals surface area contributed by atoms with E-state index in [-0.39, 0.29) is 18.6 Å². The van der Waals surface area contributed by atoms with E-state index in [2.05, 4.69) is 21.7 Å². The van der Waals surface area contributed by atoms with Crippen molar-refractivity contribution in [1.82, 2.24) is 14.9 Å². The van der Waals surface area contributed by atoms with Gasteiger partial charge in [0.15, 0.2) is 0 Å². The van der Waals surface area contributed by atoms with Crippen molar-refractivity contribution in [3.05, 3.63) is 17.6 Å². The molecule has 2 aliphatic rings. The van der Waals surface area contributed by atoms with Gasteiger partial charge in [-0.05, 0) is 32.1 Å². The molecule has 1 aromatic heterocycles. The van der Waals surface area contributed by atoms with Crippen molar-refractivity contribution in [2.24, 2.45) is 11.8 Å². The Hall–Kier alpha value is -1.24. The lowest BCUT2D eigenvalue weighted by molar-refractivity contribution is 0.0687. The van der Waals surface area contributed by atoms with Crippen molar-refractivity contribution in [2.75, 3.05) is 44.2 Å². The summed E-state index contributed by atoms with van der Waals surface area (Å²) in [6, 6.07) is 0. The zero-order valence-corrected chi connectivity index (χ0v) is 15.6. The van der Waals surface area contributed by atoms with Crippen LogP contribution in [-0.2, 0) is 6.42 Å². The summed E-state index contributed by atoms with van der Waals surface area (Å²) < 4.78 is 0. The fourth-order valence-electron chi connectivity index (χ4n) is 4.16. The number of aliphatic hydroxyl groups is 2. The topological polar surface area (TPSA) is 72.7 Å². The molecule has 0 amide bonds. The Balaban J connectivity index is 1.69. The second kappa shape index (κ2) is 8.43. The molecular weight excluding hydrogens is 316 g/mol.